The second-order valence-electron chi connectivity index (χ2n) is 8.79. The Morgan fingerprint density at radius 3 is 2.81 bits per heavy atom. The van der Waals surface area contributed by atoms with Gasteiger partial charge in [0.2, 0.25) is 10.0 Å². The summed E-state index contributed by atoms with van der Waals surface area (Å²) in [5, 5.41) is 1.16. The Balaban J connectivity index is 1.43. The van der Waals surface area contributed by atoms with E-state index in [1.54, 1.807) is 34.9 Å². The Labute approximate surface area is 223 Å². The molecule has 0 aliphatic carbocycles. The van der Waals surface area contributed by atoms with Gasteiger partial charge in [-0.05, 0) is 30.7 Å². The number of sulfonamides is 1. The van der Waals surface area contributed by atoms with Gasteiger partial charge in [0.15, 0.2) is 11.8 Å². The molecule has 0 radical (unpaired) electrons. The minimum Gasteiger partial charge on any atom is -0.482 e. The maximum absolute atomic E-state index is 15.2. The number of imidazole rings is 1. The van der Waals surface area contributed by atoms with E-state index in [4.69, 9.17) is 21.3 Å². The van der Waals surface area contributed by atoms with Crippen molar-refractivity contribution >= 4 is 45.1 Å². The first-order chi connectivity index (χ1) is 17.6. The molecule has 0 saturated heterocycles. The molecule has 4 heterocycles. The highest BCUT2D eigenvalue weighted by Gasteiger charge is 2.39. The SMILES string of the molecule is CCc1nc(NS(C)(=O)=O)ccc1OCC(=O)N1CCc2nc3n(c2C1c1ccc(Cl)cc1F)CCS3. The van der Waals surface area contributed by atoms with E-state index >= 15 is 4.39 Å². The molecule has 3 aromatic rings. The molecule has 37 heavy (non-hydrogen) atoms. The van der Waals surface area contributed by atoms with E-state index in [1.165, 1.54) is 12.1 Å². The van der Waals surface area contributed by atoms with E-state index in [-0.39, 0.29) is 23.4 Å². The molecule has 2 aliphatic heterocycles. The lowest BCUT2D eigenvalue weighted by Crippen LogP contribution is -2.44. The third kappa shape index (κ3) is 5.27. The number of aromatic nitrogens is 3. The molecule has 0 bridgehead atoms. The van der Waals surface area contributed by atoms with E-state index in [0.29, 0.717) is 36.4 Å². The average Bonchev–Trinajstić information content (AvgIpc) is 3.43. The Bertz CT molecular complexity index is 1480. The summed E-state index contributed by atoms with van der Waals surface area (Å²) in [6, 6.07) is 6.89. The van der Waals surface area contributed by atoms with Crippen LogP contribution in [0.15, 0.2) is 35.5 Å². The number of nitrogens with one attached hydrogen (secondary N) is 1. The van der Waals surface area contributed by atoms with Crippen LogP contribution in [0.3, 0.4) is 0 Å². The molecule has 1 amide bonds. The number of thioether (sulfide) groups is 1. The predicted octanol–water partition coefficient (Wildman–Crippen LogP) is 3.66. The van der Waals surface area contributed by atoms with Crippen LogP contribution in [0.4, 0.5) is 10.2 Å². The quantitative estimate of drug-likeness (QED) is 0.466. The Morgan fingerprint density at radius 2 is 2.08 bits per heavy atom. The zero-order valence-electron chi connectivity index (χ0n) is 20.2. The topological polar surface area (TPSA) is 106 Å². The summed E-state index contributed by atoms with van der Waals surface area (Å²) >= 11 is 7.67. The summed E-state index contributed by atoms with van der Waals surface area (Å²) in [6.45, 7) is 2.67. The van der Waals surface area contributed by atoms with Crippen LogP contribution in [0.5, 0.6) is 5.75 Å². The number of hydrogen-bond donors (Lipinski definition) is 1. The lowest BCUT2D eigenvalue weighted by molar-refractivity contribution is -0.135. The van der Waals surface area contributed by atoms with Crippen LogP contribution in [-0.2, 0) is 34.2 Å². The van der Waals surface area contributed by atoms with Crippen molar-refractivity contribution in [2.45, 2.75) is 37.5 Å². The van der Waals surface area contributed by atoms with Crippen LogP contribution in [0.1, 0.15) is 35.6 Å². The van der Waals surface area contributed by atoms with Gasteiger partial charge in [-0.2, -0.15) is 0 Å². The number of rotatable bonds is 7. The van der Waals surface area contributed by atoms with Gasteiger partial charge < -0.3 is 14.2 Å². The van der Waals surface area contributed by atoms with Crippen molar-refractivity contribution in [2.24, 2.45) is 0 Å². The zero-order valence-corrected chi connectivity index (χ0v) is 22.6. The van der Waals surface area contributed by atoms with Crippen molar-refractivity contribution in [3.05, 3.63) is 63.8 Å². The van der Waals surface area contributed by atoms with Gasteiger partial charge in [0.25, 0.3) is 5.91 Å². The molecule has 196 valence electrons. The molecule has 2 aromatic heterocycles. The van der Waals surface area contributed by atoms with Crippen molar-refractivity contribution in [3.8, 4) is 5.75 Å². The number of anilines is 1. The van der Waals surface area contributed by atoms with Gasteiger partial charge in [-0.15, -0.1) is 0 Å². The normalized spacial score (nSPS) is 16.9. The van der Waals surface area contributed by atoms with Crippen LogP contribution in [0.2, 0.25) is 5.02 Å². The number of carbonyl (C=O) groups excluding carboxylic acids is 1. The minimum absolute atomic E-state index is 0.173. The number of aryl methyl sites for hydroxylation is 1. The summed E-state index contributed by atoms with van der Waals surface area (Å²) in [5.74, 6) is 0.624. The number of amides is 1. The highest BCUT2D eigenvalue weighted by Crippen LogP contribution is 2.41. The van der Waals surface area contributed by atoms with Gasteiger partial charge in [0.05, 0.1) is 23.3 Å². The van der Waals surface area contributed by atoms with Crippen molar-refractivity contribution in [1.29, 1.82) is 0 Å². The van der Waals surface area contributed by atoms with E-state index in [1.807, 2.05) is 6.92 Å². The molecule has 1 unspecified atom stereocenters. The highest BCUT2D eigenvalue weighted by molar-refractivity contribution is 7.99. The van der Waals surface area contributed by atoms with Gasteiger partial charge in [0.1, 0.15) is 23.4 Å². The summed E-state index contributed by atoms with van der Waals surface area (Å²) in [6.07, 6.45) is 2.07. The van der Waals surface area contributed by atoms with Gasteiger partial charge in [-0.1, -0.05) is 36.4 Å². The number of benzene rings is 1. The largest absolute Gasteiger partial charge is 0.482 e. The first-order valence-electron chi connectivity index (χ1n) is 11.7. The molecule has 0 saturated carbocycles. The monoisotopic (exact) mass is 565 g/mol. The smallest absolute Gasteiger partial charge is 0.261 e. The molecule has 1 atom stereocenters. The van der Waals surface area contributed by atoms with Crippen molar-refractivity contribution in [3.63, 3.8) is 0 Å². The second-order valence-corrected chi connectivity index (χ2v) is 12.0. The second kappa shape index (κ2) is 10.1. The van der Waals surface area contributed by atoms with Crippen LogP contribution in [0, 0.1) is 5.82 Å². The maximum Gasteiger partial charge on any atom is 0.261 e. The van der Waals surface area contributed by atoms with E-state index in [0.717, 1.165) is 35.1 Å². The fourth-order valence-electron chi connectivity index (χ4n) is 4.69. The standard InChI is InChI=1S/C24H25ClFN5O4S2/c1-3-17-19(6-7-20(27-17)29-37(2,33)34)35-13-21(32)30-9-8-18-23(31-10-11-36-24(31)28-18)22(30)15-5-4-14(25)12-16(15)26/h4-7,12,22H,3,8-11,13H2,1-2H3,(H,27,29). The van der Waals surface area contributed by atoms with Crippen molar-refractivity contribution in [2.75, 3.05) is 29.9 Å². The lowest BCUT2D eigenvalue weighted by Gasteiger charge is -2.36. The van der Waals surface area contributed by atoms with Gasteiger partial charge in [-0.3, -0.25) is 9.52 Å². The third-order valence-corrected chi connectivity index (χ3v) is 8.01. The molecule has 1 N–H and O–H groups in total. The molecule has 9 nitrogen and oxygen atoms in total. The molecule has 0 fully saturated rings. The summed E-state index contributed by atoms with van der Waals surface area (Å²) in [5.41, 5.74) is 2.56. The van der Waals surface area contributed by atoms with E-state index < -0.39 is 21.9 Å². The first kappa shape index (κ1) is 25.8. The number of ether oxygens (including phenoxy) is 1. The Morgan fingerprint density at radius 1 is 1.27 bits per heavy atom. The van der Waals surface area contributed by atoms with Crippen LogP contribution < -0.4 is 9.46 Å². The summed E-state index contributed by atoms with van der Waals surface area (Å²) < 4.78 is 48.5. The lowest BCUT2D eigenvalue weighted by atomic mass is 9.94. The average molecular weight is 566 g/mol. The fraction of sp³-hybridized carbons (Fsp3) is 0.375. The first-order valence-corrected chi connectivity index (χ1v) is 15.0. The number of fused-ring (bicyclic) bond motifs is 3. The van der Waals surface area contributed by atoms with Gasteiger partial charge in [-0.25, -0.2) is 22.8 Å². The Hall–Kier alpha value is -2.83. The molecular formula is C24H25ClFN5O4S2. The van der Waals surface area contributed by atoms with Crippen molar-refractivity contribution in [1.82, 2.24) is 19.4 Å². The van der Waals surface area contributed by atoms with Crippen LogP contribution in [-0.4, -0.2) is 58.9 Å². The molecule has 13 heteroatoms. The molecule has 2 aliphatic rings. The summed E-state index contributed by atoms with van der Waals surface area (Å²) in [4.78, 5) is 24.2. The third-order valence-electron chi connectivity index (χ3n) is 6.24. The molecule has 1 aromatic carbocycles. The highest BCUT2D eigenvalue weighted by atomic mass is 35.5. The number of hydrogen-bond acceptors (Lipinski definition) is 7. The molecule has 5 rings (SSSR count). The molecule has 0 spiro atoms. The van der Waals surface area contributed by atoms with E-state index in [2.05, 4.69) is 14.3 Å². The summed E-state index contributed by atoms with van der Waals surface area (Å²) in [7, 11) is -3.48. The number of carbonyl (C=O) groups is 1. The fourth-order valence-corrected chi connectivity index (χ4v) is 6.32. The predicted molar refractivity (Wildman–Crippen MR) is 139 cm³/mol. The Kier molecular flexibility index (Phi) is 7.08. The van der Waals surface area contributed by atoms with Gasteiger partial charge in [0, 0.05) is 35.8 Å². The maximum atomic E-state index is 15.2. The minimum atomic E-state index is -3.48. The van der Waals surface area contributed by atoms with Gasteiger partial charge >= 0.3 is 0 Å². The number of pyridine rings is 1. The van der Waals surface area contributed by atoms with E-state index in [9.17, 15) is 13.2 Å². The zero-order chi connectivity index (χ0) is 26.3. The van der Waals surface area contributed by atoms with Crippen LogP contribution >= 0.6 is 23.4 Å². The van der Waals surface area contributed by atoms with Crippen molar-refractivity contribution < 1.29 is 22.3 Å². The molecular weight excluding hydrogens is 541 g/mol. The number of nitrogens with zero attached hydrogens (tertiary/aromatic N) is 4. The number of halogens is 2. The van der Waals surface area contributed by atoms with Crippen LogP contribution in [0.25, 0.3) is 0 Å².